The molecule has 1 saturated heterocycles. The van der Waals surface area contributed by atoms with Crippen LogP contribution in [0.15, 0.2) is 45.7 Å². The molecule has 1 aromatic carbocycles. The van der Waals surface area contributed by atoms with Gasteiger partial charge in [-0.15, -0.1) is 0 Å². The molecule has 142 valence electrons. The van der Waals surface area contributed by atoms with Gasteiger partial charge in [0.15, 0.2) is 0 Å². The summed E-state index contributed by atoms with van der Waals surface area (Å²) in [6.45, 7) is 0.524. The minimum Gasteiger partial charge on any atom is -0.457 e. The van der Waals surface area contributed by atoms with Gasteiger partial charge in [0, 0.05) is 18.2 Å². The summed E-state index contributed by atoms with van der Waals surface area (Å²) in [5.74, 6) is 1.38. The van der Waals surface area contributed by atoms with Crippen molar-refractivity contribution < 1.29 is 14.0 Å². The lowest BCUT2D eigenvalue weighted by atomic mass is 9.89. The summed E-state index contributed by atoms with van der Waals surface area (Å²) in [4.78, 5) is 26.8. The number of hydrogen-bond donors (Lipinski definition) is 0. The number of imide groups is 1. The summed E-state index contributed by atoms with van der Waals surface area (Å²) in [5, 5.41) is 8.69. The second-order valence-corrected chi connectivity index (χ2v) is 8.18. The van der Waals surface area contributed by atoms with Crippen LogP contribution in [-0.2, 0) is 4.79 Å². The first kappa shape index (κ1) is 18.6. The largest absolute Gasteiger partial charge is 0.457 e. The van der Waals surface area contributed by atoms with Crippen LogP contribution in [0.5, 0.6) is 0 Å². The molecule has 1 aromatic heterocycles. The molecule has 5 nitrogen and oxygen atoms in total. The number of thioether (sulfide) groups is 1. The molecular weight excluding hydrogens is 372 g/mol. The minimum absolute atomic E-state index is 0.194. The number of carbonyl (C=O) groups excluding carboxylic acids is 2. The van der Waals surface area contributed by atoms with Gasteiger partial charge in [-0.05, 0) is 66.9 Å². The average Bonchev–Trinajstić information content (AvgIpc) is 3.29. The molecule has 0 unspecified atom stereocenters. The van der Waals surface area contributed by atoms with E-state index in [4.69, 9.17) is 9.68 Å². The fourth-order valence-corrected chi connectivity index (χ4v) is 4.54. The predicted molar refractivity (Wildman–Crippen MR) is 108 cm³/mol. The number of carbonyl (C=O) groups is 2. The van der Waals surface area contributed by atoms with Crippen molar-refractivity contribution in [3.8, 4) is 17.4 Å². The molecule has 2 aliphatic rings. The number of nitrogens with zero attached hydrogens (tertiary/aromatic N) is 2. The van der Waals surface area contributed by atoms with Crippen LogP contribution in [0, 0.1) is 17.2 Å². The Morgan fingerprint density at radius 1 is 1.11 bits per heavy atom. The fraction of sp³-hybridized carbons (Fsp3) is 0.318. The van der Waals surface area contributed by atoms with Gasteiger partial charge in [-0.25, -0.2) is 0 Å². The molecular formula is C22H20N2O3S. The van der Waals surface area contributed by atoms with Crippen LogP contribution in [0.4, 0.5) is 4.79 Å². The third-order valence-corrected chi connectivity index (χ3v) is 6.15. The van der Waals surface area contributed by atoms with Crippen molar-refractivity contribution in [1.29, 1.82) is 5.26 Å². The average molecular weight is 392 g/mol. The normalized spacial score (nSPS) is 19.4. The number of benzene rings is 1. The molecule has 0 spiro atoms. The van der Waals surface area contributed by atoms with E-state index in [1.54, 1.807) is 24.3 Å². The lowest BCUT2D eigenvalue weighted by molar-refractivity contribution is -0.123. The highest BCUT2D eigenvalue weighted by Crippen LogP contribution is 2.35. The number of rotatable bonds is 4. The molecule has 6 heteroatoms. The summed E-state index contributed by atoms with van der Waals surface area (Å²) in [6, 6.07) is 12.8. The summed E-state index contributed by atoms with van der Waals surface area (Å²) >= 11 is 0.978. The van der Waals surface area contributed by atoms with Gasteiger partial charge in [0.2, 0.25) is 0 Å². The SMILES string of the molecule is N#Cc1ccc(-c2ccc(/C=C3/SC(=O)N(CC4CCCCC4)C3=O)o2)cc1. The van der Waals surface area contributed by atoms with E-state index in [-0.39, 0.29) is 11.1 Å². The number of furan rings is 1. The van der Waals surface area contributed by atoms with Gasteiger partial charge >= 0.3 is 0 Å². The first-order valence-corrected chi connectivity index (χ1v) is 10.3. The molecule has 2 amide bonds. The summed E-state index contributed by atoms with van der Waals surface area (Å²) in [5.41, 5.74) is 1.44. The quantitative estimate of drug-likeness (QED) is 0.648. The lowest BCUT2D eigenvalue weighted by Crippen LogP contribution is -2.34. The summed E-state index contributed by atoms with van der Waals surface area (Å²) < 4.78 is 5.82. The highest BCUT2D eigenvalue weighted by Gasteiger charge is 2.36. The van der Waals surface area contributed by atoms with Crippen LogP contribution in [-0.4, -0.2) is 22.6 Å². The van der Waals surface area contributed by atoms with Crippen LogP contribution in [0.2, 0.25) is 0 Å². The Morgan fingerprint density at radius 3 is 2.57 bits per heavy atom. The molecule has 0 radical (unpaired) electrons. The lowest BCUT2D eigenvalue weighted by Gasteiger charge is -2.25. The van der Waals surface area contributed by atoms with Crippen molar-refractivity contribution in [2.24, 2.45) is 5.92 Å². The Kier molecular flexibility index (Phi) is 5.36. The Morgan fingerprint density at radius 2 is 1.86 bits per heavy atom. The second-order valence-electron chi connectivity index (χ2n) is 7.19. The van der Waals surface area contributed by atoms with Gasteiger partial charge in [-0.3, -0.25) is 14.5 Å². The van der Waals surface area contributed by atoms with Gasteiger partial charge in [0.25, 0.3) is 11.1 Å². The third kappa shape index (κ3) is 3.90. The molecule has 0 N–H and O–H groups in total. The molecule has 0 bridgehead atoms. The van der Waals surface area contributed by atoms with Gasteiger partial charge in [-0.1, -0.05) is 19.3 Å². The number of nitriles is 1. The van der Waals surface area contributed by atoms with Crippen LogP contribution in [0.3, 0.4) is 0 Å². The van der Waals surface area contributed by atoms with E-state index in [1.165, 1.54) is 24.2 Å². The van der Waals surface area contributed by atoms with E-state index in [0.29, 0.717) is 34.5 Å². The van der Waals surface area contributed by atoms with Crippen molar-refractivity contribution in [2.45, 2.75) is 32.1 Å². The molecule has 28 heavy (non-hydrogen) atoms. The molecule has 2 aromatic rings. The van der Waals surface area contributed by atoms with Gasteiger partial charge in [0.1, 0.15) is 11.5 Å². The van der Waals surface area contributed by atoms with E-state index >= 15 is 0 Å². The predicted octanol–water partition coefficient (Wildman–Crippen LogP) is 5.43. The zero-order chi connectivity index (χ0) is 19.5. The van der Waals surface area contributed by atoms with Gasteiger partial charge in [0.05, 0.1) is 16.5 Å². The standard InChI is InChI=1S/C22H20N2O3S/c23-13-15-6-8-17(9-7-15)19-11-10-18(27-19)12-20-21(25)24(22(26)28-20)14-16-4-2-1-3-5-16/h6-12,16H,1-5,14H2/b20-12+. The Hall–Kier alpha value is -2.78. The van der Waals surface area contributed by atoms with Crippen LogP contribution < -0.4 is 0 Å². The highest BCUT2D eigenvalue weighted by atomic mass is 32.2. The van der Waals surface area contributed by atoms with E-state index in [1.807, 2.05) is 18.2 Å². The zero-order valence-electron chi connectivity index (χ0n) is 15.4. The molecule has 4 rings (SSSR count). The molecule has 1 aliphatic heterocycles. The molecule has 2 fully saturated rings. The maximum Gasteiger partial charge on any atom is 0.293 e. The van der Waals surface area contributed by atoms with Crippen LogP contribution in [0.1, 0.15) is 43.4 Å². The molecule has 0 atom stereocenters. The van der Waals surface area contributed by atoms with Crippen molar-refractivity contribution in [2.75, 3.05) is 6.54 Å². The Balaban J connectivity index is 1.48. The number of amides is 2. The Bertz CT molecular complexity index is 962. The van der Waals surface area contributed by atoms with Crippen molar-refractivity contribution in [3.63, 3.8) is 0 Å². The van der Waals surface area contributed by atoms with E-state index < -0.39 is 0 Å². The van der Waals surface area contributed by atoms with Crippen LogP contribution in [0.25, 0.3) is 17.4 Å². The number of hydrogen-bond acceptors (Lipinski definition) is 5. The molecule has 1 saturated carbocycles. The molecule has 2 heterocycles. The monoisotopic (exact) mass is 392 g/mol. The fourth-order valence-electron chi connectivity index (χ4n) is 3.71. The van der Waals surface area contributed by atoms with Gasteiger partial charge in [-0.2, -0.15) is 5.26 Å². The van der Waals surface area contributed by atoms with Gasteiger partial charge < -0.3 is 4.42 Å². The van der Waals surface area contributed by atoms with Crippen molar-refractivity contribution in [1.82, 2.24) is 4.90 Å². The summed E-state index contributed by atoms with van der Waals surface area (Å²) in [6.07, 6.45) is 7.43. The smallest absolute Gasteiger partial charge is 0.293 e. The van der Waals surface area contributed by atoms with Crippen LogP contribution >= 0.6 is 11.8 Å². The van der Waals surface area contributed by atoms with Crippen molar-refractivity contribution in [3.05, 3.63) is 52.6 Å². The first-order chi connectivity index (χ1) is 13.6. The summed E-state index contributed by atoms with van der Waals surface area (Å²) in [7, 11) is 0. The maximum absolute atomic E-state index is 12.7. The molecule has 1 aliphatic carbocycles. The highest BCUT2D eigenvalue weighted by molar-refractivity contribution is 8.18. The second kappa shape index (κ2) is 8.07. The zero-order valence-corrected chi connectivity index (χ0v) is 16.2. The first-order valence-electron chi connectivity index (χ1n) is 9.50. The minimum atomic E-state index is -0.225. The Labute approximate surface area is 168 Å². The third-order valence-electron chi connectivity index (χ3n) is 5.24. The van der Waals surface area contributed by atoms with E-state index in [0.717, 1.165) is 30.2 Å². The van der Waals surface area contributed by atoms with E-state index in [2.05, 4.69) is 6.07 Å². The van der Waals surface area contributed by atoms with E-state index in [9.17, 15) is 9.59 Å². The topological polar surface area (TPSA) is 74.3 Å². The van der Waals surface area contributed by atoms with Crippen molar-refractivity contribution >= 4 is 29.0 Å². The maximum atomic E-state index is 12.7.